The van der Waals surface area contributed by atoms with E-state index in [2.05, 4.69) is 159 Å². The molecule has 4 nitrogen and oxygen atoms in total. The smallest absolute Gasteiger partial charge is 0.164 e. The molecule has 8 aromatic carbocycles. The van der Waals surface area contributed by atoms with Gasteiger partial charge < -0.3 is 0 Å². The van der Waals surface area contributed by atoms with Gasteiger partial charge in [-0.05, 0) is 73.8 Å². The van der Waals surface area contributed by atoms with Crippen molar-refractivity contribution in [1.82, 2.24) is 19.9 Å². The number of benzene rings is 8. The van der Waals surface area contributed by atoms with Crippen molar-refractivity contribution in [2.45, 2.75) is 19.3 Å². The Morgan fingerprint density at radius 1 is 0.368 bits per heavy atom. The summed E-state index contributed by atoms with van der Waals surface area (Å²) in [6, 6.07) is 64.3. The van der Waals surface area contributed by atoms with Crippen LogP contribution in [-0.2, 0) is 5.41 Å². The largest absolute Gasteiger partial charge is 0.247 e. The van der Waals surface area contributed by atoms with Gasteiger partial charge in [0.1, 0.15) is 0 Å². The Morgan fingerprint density at radius 2 is 0.930 bits per heavy atom. The second kappa shape index (κ2) is 12.9. The van der Waals surface area contributed by atoms with Crippen molar-refractivity contribution in [2.24, 2.45) is 0 Å². The quantitative estimate of drug-likeness (QED) is 0.166. The maximum absolute atomic E-state index is 5.39. The highest BCUT2D eigenvalue weighted by Gasteiger charge is 2.38. The van der Waals surface area contributed by atoms with Gasteiger partial charge in [-0.1, -0.05) is 172 Å². The van der Waals surface area contributed by atoms with Crippen LogP contribution in [0.2, 0.25) is 0 Å². The van der Waals surface area contributed by atoms with Gasteiger partial charge in [0.05, 0.1) is 11.2 Å². The minimum atomic E-state index is -0.193. The zero-order valence-corrected chi connectivity index (χ0v) is 31.6. The summed E-state index contributed by atoms with van der Waals surface area (Å²) in [6.07, 6.45) is 0. The van der Waals surface area contributed by atoms with E-state index in [1.807, 2.05) is 36.4 Å². The third-order valence-electron chi connectivity index (χ3n) is 11.6. The lowest BCUT2D eigenvalue weighted by Crippen LogP contribution is -2.15. The Hall–Kier alpha value is -7.30. The second-order valence-electron chi connectivity index (χ2n) is 15.4. The summed E-state index contributed by atoms with van der Waals surface area (Å²) in [5, 5.41) is 5.97. The molecule has 0 N–H and O–H groups in total. The van der Waals surface area contributed by atoms with Crippen LogP contribution in [0.3, 0.4) is 0 Å². The number of pyridine rings is 1. The average molecular weight is 729 g/mol. The fraction of sp³-hybridized carbons (Fsp3) is 0.0566. The Morgan fingerprint density at radius 3 is 1.65 bits per heavy atom. The van der Waals surface area contributed by atoms with E-state index < -0.39 is 0 Å². The van der Waals surface area contributed by atoms with Crippen LogP contribution in [-0.4, -0.2) is 19.9 Å². The lowest BCUT2D eigenvalue weighted by Gasteiger charge is -2.23. The van der Waals surface area contributed by atoms with Crippen molar-refractivity contribution in [3.8, 4) is 67.7 Å². The van der Waals surface area contributed by atoms with E-state index >= 15 is 0 Å². The summed E-state index contributed by atoms with van der Waals surface area (Å²) >= 11 is 0. The van der Waals surface area contributed by atoms with Crippen molar-refractivity contribution >= 4 is 32.4 Å². The SMILES string of the molecule is CC1(C)c2cccc(-c3cc(-c4nc(-c5ccccc5)nc(-c5ccccc5)n4)cc(-c4nc5ccccc5c5ccccc45)c3)c2-c2ccc3ccccc3c21. The fourth-order valence-electron chi connectivity index (χ4n) is 9.00. The molecule has 0 saturated carbocycles. The van der Waals surface area contributed by atoms with E-state index in [4.69, 9.17) is 19.9 Å². The van der Waals surface area contributed by atoms with Gasteiger partial charge in [0.25, 0.3) is 0 Å². The molecule has 0 saturated heterocycles. The molecule has 0 aliphatic heterocycles. The minimum Gasteiger partial charge on any atom is -0.247 e. The molecule has 0 atom stereocenters. The van der Waals surface area contributed by atoms with E-state index in [0.717, 1.165) is 49.8 Å². The van der Waals surface area contributed by atoms with Gasteiger partial charge >= 0.3 is 0 Å². The monoisotopic (exact) mass is 728 g/mol. The van der Waals surface area contributed by atoms with Crippen LogP contribution in [0.1, 0.15) is 25.0 Å². The molecular weight excluding hydrogens is 693 g/mol. The number of nitrogens with zero attached hydrogens (tertiary/aromatic N) is 4. The first-order chi connectivity index (χ1) is 28.0. The topological polar surface area (TPSA) is 51.6 Å². The highest BCUT2D eigenvalue weighted by molar-refractivity contribution is 6.11. The number of fused-ring (bicyclic) bond motifs is 8. The Bertz CT molecular complexity index is 3150. The van der Waals surface area contributed by atoms with Crippen LogP contribution >= 0.6 is 0 Å². The number of rotatable bonds is 5. The number of hydrogen-bond donors (Lipinski definition) is 0. The van der Waals surface area contributed by atoms with Crippen molar-refractivity contribution in [1.29, 1.82) is 0 Å². The van der Waals surface area contributed by atoms with Gasteiger partial charge in [-0.25, -0.2) is 19.9 Å². The highest BCUT2D eigenvalue weighted by Crippen LogP contribution is 2.54. The standard InChI is InChI=1S/C53H36N4/c1-53(2)45-26-15-25-39(47(45)44-29-28-33-16-9-10-21-40(33)48(44)53)36-30-37(49-43-24-12-11-22-41(43)42-23-13-14-27-46(42)54-49)32-38(31-36)52-56-50(34-17-5-3-6-18-34)55-51(57-52)35-19-7-4-8-20-35/h3-32H,1-2H3. The van der Waals surface area contributed by atoms with Crippen LogP contribution in [0.4, 0.5) is 0 Å². The highest BCUT2D eigenvalue weighted by atomic mass is 15.0. The first-order valence-corrected chi connectivity index (χ1v) is 19.5. The predicted molar refractivity (Wildman–Crippen MR) is 235 cm³/mol. The van der Waals surface area contributed by atoms with Crippen LogP contribution in [0.5, 0.6) is 0 Å². The van der Waals surface area contributed by atoms with Gasteiger partial charge in [-0.3, -0.25) is 0 Å². The molecule has 2 aromatic heterocycles. The molecule has 0 amide bonds. The summed E-state index contributed by atoms with van der Waals surface area (Å²) < 4.78 is 0. The molecular formula is C53H36N4. The zero-order chi connectivity index (χ0) is 38.1. The molecule has 0 bridgehead atoms. The van der Waals surface area contributed by atoms with E-state index in [-0.39, 0.29) is 5.41 Å². The number of aromatic nitrogens is 4. The lowest BCUT2D eigenvalue weighted by atomic mass is 9.80. The van der Waals surface area contributed by atoms with E-state index in [0.29, 0.717) is 17.5 Å². The van der Waals surface area contributed by atoms with Gasteiger partial charge in [-0.2, -0.15) is 0 Å². The van der Waals surface area contributed by atoms with Crippen molar-refractivity contribution < 1.29 is 0 Å². The van der Waals surface area contributed by atoms with Crippen molar-refractivity contribution in [2.75, 3.05) is 0 Å². The molecule has 10 aromatic rings. The molecule has 11 rings (SSSR count). The number of hydrogen-bond acceptors (Lipinski definition) is 4. The molecule has 0 radical (unpaired) electrons. The molecule has 4 heteroatoms. The second-order valence-corrected chi connectivity index (χ2v) is 15.4. The Kier molecular flexibility index (Phi) is 7.48. The van der Waals surface area contributed by atoms with Gasteiger partial charge in [-0.15, -0.1) is 0 Å². The van der Waals surface area contributed by atoms with E-state index in [9.17, 15) is 0 Å². The third kappa shape index (κ3) is 5.37. The lowest BCUT2D eigenvalue weighted by molar-refractivity contribution is 0.666. The van der Waals surface area contributed by atoms with Crippen LogP contribution in [0, 0.1) is 0 Å². The summed E-state index contributed by atoms with van der Waals surface area (Å²) in [7, 11) is 0. The maximum atomic E-state index is 5.39. The average Bonchev–Trinajstić information content (AvgIpc) is 3.52. The summed E-state index contributed by atoms with van der Waals surface area (Å²) in [4.78, 5) is 20.8. The number of para-hydroxylation sites is 1. The van der Waals surface area contributed by atoms with Gasteiger partial charge in [0.2, 0.25) is 0 Å². The third-order valence-corrected chi connectivity index (χ3v) is 11.6. The molecule has 57 heavy (non-hydrogen) atoms. The summed E-state index contributed by atoms with van der Waals surface area (Å²) in [5.74, 6) is 1.86. The minimum absolute atomic E-state index is 0.193. The molecule has 1 aliphatic carbocycles. The van der Waals surface area contributed by atoms with Gasteiger partial charge in [0, 0.05) is 38.4 Å². The molecule has 0 spiro atoms. The first kappa shape index (κ1) is 33.1. The Balaban J connectivity index is 1.22. The maximum Gasteiger partial charge on any atom is 0.164 e. The summed E-state index contributed by atoms with van der Waals surface area (Å²) in [5.41, 5.74) is 13.0. The molecule has 0 fully saturated rings. The van der Waals surface area contributed by atoms with Crippen molar-refractivity contribution in [3.63, 3.8) is 0 Å². The molecule has 1 aliphatic rings. The van der Waals surface area contributed by atoms with Crippen LogP contribution < -0.4 is 0 Å². The molecule has 2 heterocycles. The molecule has 268 valence electrons. The molecule has 0 unspecified atom stereocenters. The van der Waals surface area contributed by atoms with E-state index in [1.54, 1.807) is 0 Å². The first-order valence-electron chi connectivity index (χ1n) is 19.5. The fourth-order valence-corrected chi connectivity index (χ4v) is 9.00. The van der Waals surface area contributed by atoms with Crippen LogP contribution in [0.15, 0.2) is 182 Å². The zero-order valence-electron chi connectivity index (χ0n) is 31.6. The van der Waals surface area contributed by atoms with Crippen molar-refractivity contribution in [3.05, 3.63) is 193 Å². The summed E-state index contributed by atoms with van der Waals surface area (Å²) in [6.45, 7) is 4.73. The van der Waals surface area contributed by atoms with Crippen LogP contribution in [0.25, 0.3) is 100 Å². The normalized spacial score (nSPS) is 12.9. The van der Waals surface area contributed by atoms with E-state index in [1.165, 1.54) is 44.0 Å². The predicted octanol–water partition coefficient (Wildman–Crippen LogP) is 13.4. The van der Waals surface area contributed by atoms with Gasteiger partial charge in [0.15, 0.2) is 17.5 Å². The Labute approximate surface area is 331 Å².